The monoisotopic (exact) mass is 168 g/mol. The van der Waals surface area contributed by atoms with E-state index in [1.54, 1.807) is 0 Å². The van der Waals surface area contributed by atoms with Gasteiger partial charge in [0, 0.05) is 18.6 Å². The molecule has 2 rings (SSSR count). The molecule has 1 unspecified atom stereocenters. The lowest BCUT2D eigenvalue weighted by atomic mass is 10.1. The van der Waals surface area contributed by atoms with Crippen LogP contribution in [0.5, 0.6) is 0 Å². The zero-order valence-electron chi connectivity index (χ0n) is 8.00. The molecule has 1 heterocycles. The molecular formula is C10H20N2. The van der Waals surface area contributed by atoms with Crippen molar-refractivity contribution in [3.63, 3.8) is 0 Å². The lowest BCUT2D eigenvalue weighted by Crippen LogP contribution is -2.33. The quantitative estimate of drug-likeness (QED) is 0.686. The van der Waals surface area contributed by atoms with Gasteiger partial charge in [-0.2, -0.15) is 0 Å². The van der Waals surface area contributed by atoms with Crippen LogP contribution < -0.4 is 5.73 Å². The summed E-state index contributed by atoms with van der Waals surface area (Å²) in [4.78, 5) is 2.56. The van der Waals surface area contributed by atoms with Gasteiger partial charge in [0.1, 0.15) is 0 Å². The van der Waals surface area contributed by atoms with Gasteiger partial charge >= 0.3 is 0 Å². The molecule has 0 aromatic rings. The fourth-order valence-electron chi connectivity index (χ4n) is 2.20. The van der Waals surface area contributed by atoms with Gasteiger partial charge in [0.25, 0.3) is 0 Å². The van der Waals surface area contributed by atoms with Gasteiger partial charge in [-0.3, -0.25) is 4.90 Å². The SMILES string of the molecule is CC(CC1CC1)N1CC[C@H](N)C1. The lowest BCUT2D eigenvalue weighted by molar-refractivity contribution is 0.237. The van der Waals surface area contributed by atoms with Crippen LogP contribution in [0.2, 0.25) is 0 Å². The van der Waals surface area contributed by atoms with Crippen LogP contribution in [0.1, 0.15) is 32.6 Å². The molecule has 2 N–H and O–H groups in total. The van der Waals surface area contributed by atoms with E-state index in [9.17, 15) is 0 Å². The highest BCUT2D eigenvalue weighted by Crippen LogP contribution is 2.35. The van der Waals surface area contributed by atoms with E-state index < -0.39 is 0 Å². The second-order valence-electron chi connectivity index (χ2n) is 4.57. The molecular weight excluding hydrogens is 148 g/mol. The summed E-state index contributed by atoms with van der Waals surface area (Å²) in [6, 6.07) is 1.23. The van der Waals surface area contributed by atoms with Crippen LogP contribution in [-0.4, -0.2) is 30.1 Å². The van der Waals surface area contributed by atoms with Crippen LogP contribution >= 0.6 is 0 Å². The Balaban J connectivity index is 1.74. The average molecular weight is 168 g/mol. The van der Waals surface area contributed by atoms with Gasteiger partial charge in [-0.05, 0) is 32.2 Å². The fourth-order valence-corrected chi connectivity index (χ4v) is 2.20. The number of rotatable bonds is 3. The van der Waals surface area contributed by atoms with Crippen LogP contribution in [0.4, 0.5) is 0 Å². The molecule has 0 bridgehead atoms. The van der Waals surface area contributed by atoms with Crippen molar-refractivity contribution in [3.05, 3.63) is 0 Å². The van der Waals surface area contributed by atoms with Crippen molar-refractivity contribution in [2.24, 2.45) is 11.7 Å². The minimum atomic E-state index is 0.451. The Morgan fingerprint density at radius 3 is 2.67 bits per heavy atom. The number of nitrogens with zero attached hydrogens (tertiary/aromatic N) is 1. The van der Waals surface area contributed by atoms with Crippen molar-refractivity contribution in [2.75, 3.05) is 13.1 Å². The number of nitrogens with two attached hydrogens (primary N) is 1. The zero-order valence-corrected chi connectivity index (χ0v) is 8.00. The van der Waals surface area contributed by atoms with E-state index in [0.29, 0.717) is 6.04 Å². The van der Waals surface area contributed by atoms with Gasteiger partial charge in [0.2, 0.25) is 0 Å². The molecule has 0 spiro atoms. The highest BCUT2D eigenvalue weighted by atomic mass is 15.2. The molecule has 2 atom stereocenters. The molecule has 0 aromatic carbocycles. The van der Waals surface area contributed by atoms with E-state index in [-0.39, 0.29) is 0 Å². The van der Waals surface area contributed by atoms with Crippen LogP contribution in [-0.2, 0) is 0 Å². The first kappa shape index (κ1) is 8.52. The van der Waals surface area contributed by atoms with Crippen LogP contribution in [0, 0.1) is 5.92 Å². The maximum atomic E-state index is 5.87. The van der Waals surface area contributed by atoms with Crippen molar-refractivity contribution in [1.82, 2.24) is 4.90 Å². The third kappa shape index (κ3) is 1.99. The Kier molecular flexibility index (Phi) is 2.37. The van der Waals surface area contributed by atoms with Crippen molar-refractivity contribution in [1.29, 1.82) is 0 Å². The molecule has 12 heavy (non-hydrogen) atoms. The highest BCUT2D eigenvalue weighted by Gasteiger charge is 2.29. The van der Waals surface area contributed by atoms with Crippen molar-refractivity contribution in [3.8, 4) is 0 Å². The largest absolute Gasteiger partial charge is 0.326 e. The summed E-state index contributed by atoms with van der Waals surface area (Å²) in [7, 11) is 0. The van der Waals surface area contributed by atoms with Crippen LogP contribution in [0.25, 0.3) is 0 Å². The topological polar surface area (TPSA) is 29.3 Å². The number of hydrogen-bond acceptors (Lipinski definition) is 2. The first-order chi connectivity index (χ1) is 5.75. The minimum absolute atomic E-state index is 0.451. The van der Waals surface area contributed by atoms with Crippen LogP contribution in [0.15, 0.2) is 0 Å². The summed E-state index contributed by atoms with van der Waals surface area (Å²) in [5.74, 6) is 1.05. The van der Waals surface area contributed by atoms with Crippen molar-refractivity contribution in [2.45, 2.75) is 44.7 Å². The molecule has 2 aliphatic rings. The second-order valence-corrected chi connectivity index (χ2v) is 4.57. The summed E-state index contributed by atoms with van der Waals surface area (Å²) in [5, 5.41) is 0. The molecule has 1 saturated heterocycles. The van der Waals surface area contributed by atoms with E-state index in [0.717, 1.165) is 18.5 Å². The zero-order chi connectivity index (χ0) is 8.55. The van der Waals surface area contributed by atoms with E-state index in [1.807, 2.05) is 0 Å². The van der Waals surface area contributed by atoms with E-state index in [1.165, 1.54) is 32.2 Å². The van der Waals surface area contributed by atoms with Gasteiger partial charge < -0.3 is 5.73 Å². The normalized spacial score (nSPS) is 34.0. The molecule has 70 valence electrons. The Morgan fingerprint density at radius 2 is 2.17 bits per heavy atom. The maximum Gasteiger partial charge on any atom is 0.0180 e. The highest BCUT2D eigenvalue weighted by molar-refractivity contribution is 4.85. The first-order valence-corrected chi connectivity index (χ1v) is 5.25. The van der Waals surface area contributed by atoms with Gasteiger partial charge in [-0.1, -0.05) is 12.8 Å². The standard InChI is InChI=1S/C10H20N2/c1-8(6-9-2-3-9)12-5-4-10(11)7-12/h8-10H,2-7,11H2,1H3/t8?,10-/m0/s1. The molecule has 2 nitrogen and oxygen atoms in total. The average Bonchev–Trinajstić information content (AvgIpc) is 2.72. The molecule has 2 fully saturated rings. The lowest BCUT2D eigenvalue weighted by Gasteiger charge is -2.23. The molecule has 2 heteroatoms. The van der Waals surface area contributed by atoms with Crippen molar-refractivity contribution >= 4 is 0 Å². The summed E-state index contributed by atoms with van der Waals surface area (Å²) in [6.07, 6.45) is 5.57. The van der Waals surface area contributed by atoms with Gasteiger partial charge in [-0.15, -0.1) is 0 Å². The Bertz CT molecular complexity index is 154. The molecule has 0 amide bonds. The van der Waals surface area contributed by atoms with Gasteiger partial charge in [-0.25, -0.2) is 0 Å². The Hall–Kier alpha value is -0.0800. The van der Waals surface area contributed by atoms with Gasteiger partial charge in [0.05, 0.1) is 0 Å². The molecule has 1 aliphatic carbocycles. The molecule has 0 aromatic heterocycles. The second kappa shape index (κ2) is 3.35. The minimum Gasteiger partial charge on any atom is -0.326 e. The van der Waals surface area contributed by atoms with E-state index in [2.05, 4.69) is 11.8 Å². The molecule has 1 saturated carbocycles. The van der Waals surface area contributed by atoms with Gasteiger partial charge in [0.15, 0.2) is 0 Å². The van der Waals surface area contributed by atoms with E-state index in [4.69, 9.17) is 5.73 Å². The predicted octanol–water partition coefficient (Wildman–Crippen LogP) is 1.21. The summed E-state index contributed by atoms with van der Waals surface area (Å²) >= 11 is 0. The van der Waals surface area contributed by atoms with Crippen molar-refractivity contribution < 1.29 is 0 Å². The van der Waals surface area contributed by atoms with E-state index >= 15 is 0 Å². The van der Waals surface area contributed by atoms with Crippen LogP contribution in [0.3, 0.4) is 0 Å². The summed E-state index contributed by atoms with van der Waals surface area (Å²) < 4.78 is 0. The summed E-state index contributed by atoms with van der Waals surface area (Å²) in [6.45, 7) is 4.72. The number of hydrogen-bond donors (Lipinski definition) is 1. The Morgan fingerprint density at radius 1 is 1.42 bits per heavy atom. The first-order valence-electron chi connectivity index (χ1n) is 5.25. The Labute approximate surface area is 75.1 Å². The third-order valence-electron chi connectivity index (χ3n) is 3.25. The molecule has 0 radical (unpaired) electrons. The fraction of sp³-hybridized carbons (Fsp3) is 1.00. The smallest absolute Gasteiger partial charge is 0.0180 e. The molecule has 1 aliphatic heterocycles. The predicted molar refractivity (Wildman–Crippen MR) is 51.0 cm³/mol. The maximum absolute atomic E-state index is 5.87. The summed E-state index contributed by atoms with van der Waals surface area (Å²) in [5.41, 5.74) is 5.87. The third-order valence-corrected chi connectivity index (χ3v) is 3.25. The number of likely N-dealkylation sites (tertiary alicyclic amines) is 1.